The van der Waals surface area contributed by atoms with Gasteiger partial charge in [-0.1, -0.05) is 0 Å². The minimum atomic E-state index is -0.476. The summed E-state index contributed by atoms with van der Waals surface area (Å²) in [5, 5.41) is 10.3. The minimum Gasteiger partial charge on any atom is -0.444 e. The van der Waals surface area contributed by atoms with Crippen molar-refractivity contribution in [3.8, 4) is 0 Å². The Labute approximate surface area is 123 Å². The van der Waals surface area contributed by atoms with E-state index in [9.17, 15) is 9.90 Å². The van der Waals surface area contributed by atoms with Crippen molar-refractivity contribution < 1.29 is 14.6 Å². The van der Waals surface area contributed by atoms with E-state index in [0.717, 1.165) is 11.3 Å². The lowest BCUT2D eigenvalue weighted by Gasteiger charge is -2.25. The number of hydrogen-bond donors (Lipinski definition) is 1. The van der Waals surface area contributed by atoms with E-state index in [2.05, 4.69) is 4.98 Å². The second kappa shape index (κ2) is 6.10. The predicted molar refractivity (Wildman–Crippen MR) is 77.7 cm³/mol. The molecule has 1 aromatic rings. The van der Waals surface area contributed by atoms with E-state index >= 15 is 0 Å². The molecule has 112 valence electrons. The molecule has 2 unspecified atom stereocenters. The molecule has 1 aliphatic heterocycles. The van der Waals surface area contributed by atoms with Crippen molar-refractivity contribution >= 4 is 17.4 Å². The quantitative estimate of drug-likeness (QED) is 0.930. The van der Waals surface area contributed by atoms with Gasteiger partial charge in [-0.05, 0) is 27.2 Å². The first-order valence-electron chi connectivity index (χ1n) is 6.88. The van der Waals surface area contributed by atoms with Gasteiger partial charge in [-0.15, -0.1) is 11.3 Å². The van der Waals surface area contributed by atoms with Crippen LogP contribution in [0.4, 0.5) is 4.79 Å². The van der Waals surface area contributed by atoms with Gasteiger partial charge in [0.15, 0.2) is 0 Å². The number of ether oxygens (including phenoxy) is 1. The topological polar surface area (TPSA) is 62.7 Å². The van der Waals surface area contributed by atoms with E-state index < -0.39 is 11.7 Å². The number of amides is 1. The number of likely N-dealkylation sites (tertiary alicyclic amines) is 1. The Morgan fingerprint density at radius 2 is 2.40 bits per heavy atom. The van der Waals surface area contributed by atoms with E-state index in [4.69, 9.17) is 4.74 Å². The SMILES string of the molecule is CC(C)(C)OC(=O)N1CCC(C(O)Cc2cncs2)C1. The van der Waals surface area contributed by atoms with Crippen molar-refractivity contribution in [3.63, 3.8) is 0 Å². The number of carbonyl (C=O) groups is 1. The fraction of sp³-hybridized carbons (Fsp3) is 0.714. The molecule has 1 N–H and O–H groups in total. The fourth-order valence-corrected chi connectivity index (χ4v) is 2.96. The number of thiazole rings is 1. The molecule has 2 heterocycles. The largest absolute Gasteiger partial charge is 0.444 e. The molecule has 0 radical (unpaired) electrons. The van der Waals surface area contributed by atoms with Gasteiger partial charge in [-0.3, -0.25) is 4.98 Å². The van der Waals surface area contributed by atoms with Gasteiger partial charge < -0.3 is 14.7 Å². The molecule has 2 rings (SSSR count). The summed E-state index contributed by atoms with van der Waals surface area (Å²) in [6.07, 6.45) is 2.50. The van der Waals surface area contributed by atoms with Gasteiger partial charge in [-0.2, -0.15) is 0 Å². The molecule has 0 aromatic carbocycles. The standard InChI is InChI=1S/C14H22N2O3S/c1-14(2,3)19-13(18)16-5-4-10(8-16)12(17)6-11-7-15-9-20-11/h7,9-10,12,17H,4-6,8H2,1-3H3. The van der Waals surface area contributed by atoms with Crippen molar-refractivity contribution in [2.75, 3.05) is 13.1 Å². The molecule has 1 aromatic heterocycles. The lowest BCUT2D eigenvalue weighted by atomic mass is 9.99. The third kappa shape index (κ3) is 4.18. The molecule has 1 amide bonds. The summed E-state index contributed by atoms with van der Waals surface area (Å²) in [4.78, 5) is 18.7. The summed E-state index contributed by atoms with van der Waals surface area (Å²) in [6.45, 7) is 6.79. The first kappa shape index (κ1) is 15.3. The zero-order valence-corrected chi connectivity index (χ0v) is 13.0. The lowest BCUT2D eigenvalue weighted by molar-refractivity contribution is 0.0269. The number of aliphatic hydroxyl groups excluding tert-OH is 1. The third-order valence-corrected chi connectivity index (χ3v) is 4.12. The highest BCUT2D eigenvalue weighted by Crippen LogP contribution is 2.24. The molecule has 6 heteroatoms. The first-order chi connectivity index (χ1) is 9.35. The smallest absolute Gasteiger partial charge is 0.410 e. The van der Waals surface area contributed by atoms with Crippen molar-refractivity contribution in [2.45, 2.75) is 45.3 Å². The summed E-state index contributed by atoms with van der Waals surface area (Å²) in [7, 11) is 0. The van der Waals surface area contributed by atoms with E-state index in [1.807, 2.05) is 20.8 Å². The van der Waals surface area contributed by atoms with Crippen LogP contribution in [0.5, 0.6) is 0 Å². The zero-order chi connectivity index (χ0) is 14.8. The summed E-state index contributed by atoms with van der Waals surface area (Å²) in [5.74, 6) is 0.115. The van der Waals surface area contributed by atoms with Crippen LogP contribution in [0.3, 0.4) is 0 Å². The monoisotopic (exact) mass is 298 g/mol. The Bertz CT molecular complexity index is 442. The molecule has 0 spiro atoms. The van der Waals surface area contributed by atoms with Gasteiger partial charge in [-0.25, -0.2) is 4.79 Å². The summed E-state index contributed by atoms with van der Waals surface area (Å²) in [5.41, 5.74) is 1.29. The number of carbonyl (C=O) groups excluding carboxylic acids is 1. The molecule has 20 heavy (non-hydrogen) atoms. The normalized spacial score (nSPS) is 21.0. The summed E-state index contributed by atoms with van der Waals surface area (Å²) < 4.78 is 5.35. The van der Waals surface area contributed by atoms with Crippen molar-refractivity contribution in [2.24, 2.45) is 5.92 Å². The fourth-order valence-electron chi connectivity index (χ4n) is 2.31. The highest BCUT2D eigenvalue weighted by molar-refractivity contribution is 7.09. The Balaban J connectivity index is 1.84. The van der Waals surface area contributed by atoms with Gasteiger partial charge in [0.1, 0.15) is 5.60 Å². The molecule has 1 saturated heterocycles. The van der Waals surface area contributed by atoms with Crippen LogP contribution in [-0.2, 0) is 11.2 Å². The number of rotatable bonds is 3. The van der Waals surface area contributed by atoms with E-state index in [1.165, 1.54) is 0 Å². The van der Waals surface area contributed by atoms with Crippen LogP contribution in [0.2, 0.25) is 0 Å². The maximum atomic E-state index is 12.0. The van der Waals surface area contributed by atoms with Crippen LogP contribution in [0.1, 0.15) is 32.1 Å². The molecular formula is C14H22N2O3S. The molecule has 5 nitrogen and oxygen atoms in total. The van der Waals surface area contributed by atoms with E-state index in [1.54, 1.807) is 27.9 Å². The maximum absolute atomic E-state index is 12.0. The second-order valence-electron chi connectivity index (χ2n) is 6.21. The molecule has 1 fully saturated rings. The van der Waals surface area contributed by atoms with Crippen LogP contribution in [0, 0.1) is 5.92 Å². The van der Waals surface area contributed by atoms with Gasteiger partial charge in [0.05, 0.1) is 11.6 Å². The van der Waals surface area contributed by atoms with Crippen LogP contribution >= 0.6 is 11.3 Å². The van der Waals surface area contributed by atoms with Gasteiger partial charge >= 0.3 is 6.09 Å². The van der Waals surface area contributed by atoms with E-state index in [0.29, 0.717) is 19.5 Å². The van der Waals surface area contributed by atoms with Gasteiger partial charge in [0.25, 0.3) is 0 Å². The maximum Gasteiger partial charge on any atom is 0.410 e. The van der Waals surface area contributed by atoms with Crippen LogP contribution in [0.15, 0.2) is 11.7 Å². The molecule has 0 bridgehead atoms. The van der Waals surface area contributed by atoms with Crippen molar-refractivity contribution in [1.82, 2.24) is 9.88 Å². The minimum absolute atomic E-state index is 0.115. The highest BCUT2D eigenvalue weighted by atomic mass is 32.1. The molecular weight excluding hydrogens is 276 g/mol. The van der Waals surface area contributed by atoms with Gasteiger partial charge in [0.2, 0.25) is 0 Å². The average molecular weight is 298 g/mol. The lowest BCUT2D eigenvalue weighted by Crippen LogP contribution is -2.36. The number of nitrogens with zero attached hydrogens (tertiary/aromatic N) is 2. The van der Waals surface area contributed by atoms with Crippen molar-refractivity contribution in [3.05, 3.63) is 16.6 Å². The Kier molecular flexibility index (Phi) is 4.65. The van der Waals surface area contributed by atoms with Crippen LogP contribution in [-0.4, -0.2) is 45.9 Å². The van der Waals surface area contributed by atoms with E-state index in [-0.39, 0.29) is 12.0 Å². The highest BCUT2D eigenvalue weighted by Gasteiger charge is 2.33. The average Bonchev–Trinajstić information content (AvgIpc) is 2.96. The molecule has 1 aliphatic rings. The number of hydrogen-bond acceptors (Lipinski definition) is 5. The second-order valence-corrected chi connectivity index (χ2v) is 7.19. The van der Waals surface area contributed by atoms with Crippen LogP contribution < -0.4 is 0 Å². The Hall–Kier alpha value is -1.14. The Morgan fingerprint density at radius 1 is 1.65 bits per heavy atom. The predicted octanol–water partition coefficient (Wildman–Crippen LogP) is 2.30. The van der Waals surface area contributed by atoms with Crippen molar-refractivity contribution in [1.29, 1.82) is 0 Å². The summed E-state index contributed by atoms with van der Waals surface area (Å²) >= 11 is 1.55. The molecule has 2 atom stereocenters. The molecule has 0 saturated carbocycles. The molecule has 0 aliphatic carbocycles. The van der Waals surface area contributed by atoms with Crippen LogP contribution in [0.25, 0.3) is 0 Å². The number of aromatic nitrogens is 1. The zero-order valence-electron chi connectivity index (χ0n) is 12.2. The third-order valence-electron chi connectivity index (χ3n) is 3.31. The summed E-state index contributed by atoms with van der Waals surface area (Å²) in [6, 6.07) is 0. The Morgan fingerprint density at radius 3 is 3.00 bits per heavy atom. The van der Waals surface area contributed by atoms with Gasteiger partial charge in [0, 0.05) is 36.5 Å². The number of aliphatic hydroxyl groups is 1. The first-order valence-corrected chi connectivity index (χ1v) is 7.76.